The van der Waals surface area contributed by atoms with E-state index in [2.05, 4.69) is 10.3 Å². The number of likely N-dealkylation sites (N-methyl/N-ethyl adjacent to an activating group) is 1. The molecule has 1 aromatic heterocycles. The zero-order valence-corrected chi connectivity index (χ0v) is 11.2. The van der Waals surface area contributed by atoms with Gasteiger partial charge in [-0.3, -0.25) is 0 Å². The van der Waals surface area contributed by atoms with Gasteiger partial charge in [-0.25, -0.2) is 14.6 Å². The van der Waals surface area contributed by atoms with Crippen molar-refractivity contribution in [1.29, 1.82) is 0 Å². The van der Waals surface area contributed by atoms with Crippen molar-refractivity contribution in [1.82, 2.24) is 9.88 Å². The fourth-order valence-corrected chi connectivity index (χ4v) is 1.53. The number of hydrogen-bond acceptors (Lipinski definition) is 5. The summed E-state index contributed by atoms with van der Waals surface area (Å²) in [6.45, 7) is 0.160. The third-order valence-electron chi connectivity index (χ3n) is 2.44. The number of aromatic carboxylic acids is 1. The standard InChI is InChI=1S/C12H17N3O5/c1-15(6-8(16)7-20-2)12(19)14-9-4-3-5-13-10(9)11(17)18/h3-5,8,16H,6-7H2,1-2H3,(H,14,19)(H,17,18). The molecule has 3 N–H and O–H groups in total. The van der Waals surface area contributed by atoms with E-state index in [1.807, 2.05) is 0 Å². The van der Waals surface area contributed by atoms with Crippen molar-refractivity contribution in [2.24, 2.45) is 0 Å². The van der Waals surface area contributed by atoms with Gasteiger partial charge in [0.15, 0.2) is 5.69 Å². The number of pyridine rings is 1. The van der Waals surface area contributed by atoms with Crippen LogP contribution in [-0.4, -0.2) is 65.5 Å². The van der Waals surface area contributed by atoms with Crippen LogP contribution in [0, 0.1) is 0 Å². The van der Waals surface area contributed by atoms with Gasteiger partial charge in [-0.15, -0.1) is 0 Å². The highest BCUT2D eigenvalue weighted by Gasteiger charge is 2.17. The molecule has 0 aliphatic carbocycles. The number of carbonyl (C=O) groups is 2. The molecule has 0 fully saturated rings. The van der Waals surface area contributed by atoms with Gasteiger partial charge < -0.3 is 25.2 Å². The number of anilines is 1. The summed E-state index contributed by atoms with van der Waals surface area (Å²) >= 11 is 0. The predicted octanol–water partition coefficient (Wildman–Crippen LogP) is 0.251. The average molecular weight is 283 g/mol. The van der Waals surface area contributed by atoms with Crippen LogP contribution in [0.1, 0.15) is 10.5 Å². The second kappa shape index (κ2) is 7.41. The molecule has 0 saturated heterocycles. The third-order valence-corrected chi connectivity index (χ3v) is 2.44. The van der Waals surface area contributed by atoms with E-state index in [0.717, 1.165) is 0 Å². The van der Waals surface area contributed by atoms with Gasteiger partial charge in [0.2, 0.25) is 0 Å². The second-order valence-electron chi connectivity index (χ2n) is 4.12. The largest absolute Gasteiger partial charge is 0.476 e. The van der Waals surface area contributed by atoms with Crippen LogP contribution in [0.25, 0.3) is 0 Å². The van der Waals surface area contributed by atoms with Crippen molar-refractivity contribution in [3.8, 4) is 0 Å². The van der Waals surface area contributed by atoms with Crippen molar-refractivity contribution in [2.45, 2.75) is 6.10 Å². The predicted molar refractivity (Wildman–Crippen MR) is 70.7 cm³/mol. The smallest absolute Gasteiger partial charge is 0.356 e. The molecular weight excluding hydrogens is 266 g/mol. The van der Waals surface area contributed by atoms with Gasteiger partial charge in [-0.05, 0) is 12.1 Å². The maximum atomic E-state index is 11.9. The Balaban J connectivity index is 2.68. The summed E-state index contributed by atoms with van der Waals surface area (Å²) in [5.74, 6) is -1.23. The molecule has 0 bridgehead atoms. The highest BCUT2D eigenvalue weighted by molar-refractivity contribution is 5.98. The minimum absolute atomic E-state index is 0.0579. The number of urea groups is 1. The van der Waals surface area contributed by atoms with E-state index in [1.165, 1.54) is 37.4 Å². The second-order valence-corrected chi connectivity index (χ2v) is 4.12. The van der Waals surface area contributed by atoms with Crippen molar-refractivity contribution in [3.05, 3.63) is 24.0 Å². The van der Waals surface area contributed by atoms with Crippen LogP contribution in [0.3, 0.4) is 0 Å². The summed E-state index contributed by atoms with van der Waals surface area (Å²) in [5, 5.41) is 20.9. The molecule has 1 aromatic rings. The van der Waals surface area contributed by atoms with Crippen molar-refractivity contribution in [2.75, 3.05) is 32.6 Å². The van der Waals surface area contributed by atoms with E-state index in [1.54, 1.807) is 0 Å². The van der Waals surface area contributed by atoms with Crippen LogP contribution in [0.15, 0.2) is 18.3 Å². The molecule has 0 aliphatic heterocycles. The number of carboxylic acids is 1. The fraction of sp³-hybridized carbons (Fsp3) is 0.417. The van der Waals surface area contributed by atoms with Crippen molar-refractivity contribution < 1.29 is 24.5 Å². The van der Waals surface area contributed by atoms with E-state index in [0.29, 0.717) is 0 Å². The Morgan fingerprint density at radius 3 is 2.85 bits per heavy atom. The zero-order valence-electron chi connectivity index (χ0n) is 11.2. The molecule has 8 heteroatoms. The lowest BCUT2D eigenvalue weighted by Crippen LogP contribution is -2.39. The number of hydrogen-bond donors (Lipinski definition) is 3. The first-order valence-corrected chi connectivity index (χ1v) is 5.83. The third kappa shape index (κ3) is 4.48. The molecule has 1 rings (SSSR count). The number of carboxylic acid groups (broad SMARTS) is 1. The summed E-state index contributed by atoms with van der Waals surface area (Å²) in [6.07, 6.45) is 0.508. The number of ether oxygens (including phenoxy) is 1. The van der Waals surface area contributed by atoms with Gasteiger partial charge in [0.1, 0.15) is 0 Å². The first-order valence-electron chi connectivity index (χ1n) is 5.83. The molecule has 1 unspecified atom stereocenters. The molecule has 0 radical (unpaired) electrons. The van der Waals surface area contributed by atoms with E-state index in [9.17, 15) is 14.7 Å². The van der Waals surface area contributed by atoms with Crippen LogP contribution in [0.2, 0.25) is 0 Å². The molecule has 0 spiro atoms. The van der Waals surface area contributed by atoms with Crippen molar-refractivity contribution >= 4 is 17.7 Å². The number of carbonyl (C=O) groups excluding carboxylic acids is 1. The highest BCUT2D eigenvalue weighted by atomic mass is 16.5. The lowest BCUT2D eigenvalue weighted by Gasteiger charge is -2.21. The number of nitrogens with zero attached hydrogens (tertiary/aromatic N) is 2. The number of methoxy groups -OCH3 is 1. The summed E-state index contributed by atoms with van der Waals surface area (Å²) in [7, 11) is 2.92. The SMILES string of the molecule is COCC(O)CN(C)C(=O)Nc1cccnc1C(=O)O. The lowest BCUT2D eigenvalue weighted by atomic mass is 10.3. The number of aliphatic hydroxyl groups is 1. The summed E-state index contributed by atoms with van der Waals surface area (Å²) in [5.41, 5.74) is -0.148. The Bertz CT molecular complexity index is 480. The van der Waals surface area contributed by atoms with Crippen LogP contribution in [-0.2, 0) is 4.74 Å². The maximum absolute atomic E-state index is 11.9. The van der Waals surface area contributed by atoms with Gasteiger partial charge in [-0.1, -0.05) is 0 Å². The van der Waals surface area contributed by atoms with E-state index < -0.39 is 18.1 Å². The molecule has 20 heavy (non-hydrogen) atoms. The quantitative estimate of drug-likeness (QED) is 0.690. The summed E-state index contributed by atoms with van der Waals surface area (Å²) in [4.78, 5) is 27.7. The zero-order chi connectivity index (χ0) is 15.1. The first kappa shape index (κ1) is 15.9. The van der Waals surface area contributed by atoms with Crippen LogP contribution >= 0.6 is 0 Å². The van der Waals surface area contributed by atoms with E-state index in [-0.39, 0.29) is 24.5 Å². The van der Waals surface area contributed by atoms with Crippen molar-refractivity contribution in [3.63, 3.8) is 0 Å². The van der Waals surface area contributed by atoms with E-state index in [4.69, 9.17) is 9.84 Å². The molecule has 110 valence electrons. The minimum atomic E-state index is -1.23. The molecule has 8 nitrogen and oxygen atoms in total. The first-order chi connectivity index (χ1) is 9.45. The molecule has 0 saturated carbocycles. The van der Waals surface area contributed by atoms with Gasteiger partial charge in [0, 0.05) is 20.4 Å². The number of nitrogens with one attached hydrogen (secondary N) is 1. The Hall–Kier alpha value is -2.19. The number of rotatable bonds is 6. The molecule has 1 heterocycles. The monoisotopic (exact) mass is 283 g/mol. The molecule has 1 atom stereocenters. The van der Waals surface area contributed by atoms with Crippen LogP contribution in [0.5, 0.6) is 0 Å². The molecule has 0 aliphatic rings. The molecule has 2 amide bonds. The number of aromatic nitrogens is 1. The number of amides is 2. The van der Waals surface area contributed by atoms with Crippen LogP contribution in [0.4, 0.5) is 10.5 Å². The van der Waals surface area contributed by atoms with Gasteiger partial charge in [0.25, 0.3) is 0 Å². The molecular formula is C12H17N3O5. The normalized spacial score (nSPS) is 11.8. The van der Waals surface area contributed by atoms with E-state index >= 15 is 0 Å². The maximum Gasteiger partial charge on any atom is 0.356 e. The number of aliphatic hydroxyl groups excluding tert-OH is 1. The van der Waals surface area contributed by atoms with Gasteiger partial charge in [0.05, 0.1) is 24.9 Å². The Morgan fingerprint density at radius 1 is 1.55 bits per heavy atom. The van der Waals surface area contributed by atoms with Gasteiger partial charge >= 0.3 is 12.0 Å². The van der Waals surface area contributed by atoms with Crippen LogP contribution < -0.4 is 5.32 Å². The summed E-state index contributed by atoms with van der Waals surface area (Å²) < 4.78 is 4.76. The van der Waals surface area contributed by atoms with Gasteiger partial charge in [-0.2, -0.15) is 0 Å². The fourth-order valence-electron chi connectivity index (χ4n) is 1.53. The lowest BCUT2D eigenvalue weighted by molar-refractivity contribution is 0.0501. The Labute approximate surface area is 116 Å². The Kier molecular flexibility index (Phi) is 5.88. The average Bonchev–Trinajstić information content (AvgIpc) is 2.39. The Morgan fingerprint density at radius 2 is 2.25 bits per heavy atom. The summed E-state index contributed by atoms with van der Waals surface area (Å²) in [6, 6.07) is 2.41. The topological polar surface area (TPSA) is 112 Å². The minimum Gasteiger partial charge on any atom is -0.476 e. The highest BCUT2D eigenvalue weighted by Crippen LogP contribution is 2.12. The molecule has 0 aromatic carbocycles.